The first-order valence-electron chi connectivity index (χ1n) is 7.02. The number of hydrazine groups is 1. The van der Waals surface area contributed by atoms with E-state index < -0.39 is 0 Å². The van der Waals surface area contributed by atoms with E-state index in [9.17, 15) is 0 Å². The smallest absolute Gasteiger partial charge is 0.119 e. The molecule has 1 unspecified atom stereocenters. The summed E-state index contributed by atoms with van der Waals surface area (Å²) in [5.41, 5.74) is 7.54. The van der Waals surface area contributed by atoms with Crippen molar-refractivity contribution >= 4 is 15.9 Å². The summed E-state index contributed by atoms with van der Waals surface area (Å²) in [5.74, 6) is 6.66. The van der Waals surface area contributed by atoms with Gasteiger partial charge in [0.05, 0.1) is 12.6 Å². The molecule has 1 atom stereocenters. The first-order valence-corrected chi connectivity index (χ1v) is 7.81. The van der Waals surface area contributed by atoms with Crippen molar-refractivity contribution in [2.24, 2.45) is 5.84 Å². The number of nitrogens with one attached hydrogen (secondary N) is 1. The number of hydrogen-bond acceptors (Lipinski definition) is 3. The maximum Gasteiger partial charge on any atom is 0.119 e. The Balaban J connectivity index is 2.42. The molecule has 0 bridgehead atoms. The minimum Gasteiger partial charge on any atom is -0.494 e. The second-order valence-electron chi connectivity index (χ2n) is 5.07. The zero-order chi connectivity index (χ0) is 15.4. The minimum atomic E-state index is -0.0593. The van der Waals surface area contributed by atoms with Crippen LogP contribution in [0.25, 0.3) is 0 Å². The Hall–Kier alpha value is -1.36. The minimum absolute atomic E-state index is 0.0593. The third kappa shape index (κ3) is 3.64. The quantitative estimate of drug-likeness (QED) is 0.633. The Morgan fingerprint density at radius 3 is 2.38 bits per heavy atom. The lowest BCUT2D eigenvalue weighted by Gasteiger charge is -2.19. The summed E-state index contributed by atoms with van der Waals surface area (Å²) in [6.45, 7) is 6.81. The number of nitrogens with two attached hydrogens (primary N) is 1. The van der Waals surface area contributed by atoms with Crippen LogP contribution in [0.3, 0.4) is 0 Å². The average Bonchev–Trinajstić information content (AvgIpc) is 2.46. The standard InChI is InChI=1S/C17H21BrN2O/c1-4-21-15-7-5-6-13(10-15)17(20-19)14-8-11(2)16(18)12(3)9-14/h5-10,17,20H,4,19H2,1-3H3. The predicted molar refractivity (Wildman–Crippen MR) is 90.4 cm³/mol. The fraction of sp³-hybridized carbons (Fsp3) is 0.294. The highest BCUT2D eigenvalue weighted by molar-refractivity contribution is 9.10. The molecule has 2 aromatic rings. The molecule has 0 radical (unpaired) electrons. The van der Waals surface area contributed by atoms with Crippen LogP contribution in [0.15, 0.2) is 40.9 Å². The van der Waals surface area contributed by atoms with Gasteiger partial charge in [-0.25, -0.2) is 5.43 Å². The van der Waals surface area contributed by atoms with Crippen molar-refractivity contribution in [2.45, 2.75) is 26.8 Å². The van der Waals surface area contributed by atoms with Crippen molar-refractivity contribution in [2.75, 3.05) is 6.61 Å². The molecule has 0 spiro atoms. The molecule has 3 N–H and O–H groups in total. The molecule has 0 fully saturated rings. The van der Waals surface area contributed by atoms with Gasteiger partial charge >= 0.3 is 0 Å². The summed E-state index contributed by atoms with van der Waals surface area (Å²) in [6.07, 6.45) is 0. The van der Waals surface area contributed by atoms with Crippen LogP contribution in [-0.4, -0.2) is 6.61 Å². The Labute approximate surface area is 134 Å². The molecule has 0 saturated heterocycles. The van der Waals surface area contributed by atoms with Crippen molar-refractivity contribution in [3.63, 3.8) is 0 Å². The molecule has 0 amide bonds. The number of hydrogen-bond donors (Lipinski definition) is 2. The lowest BCUT2D eigenvalue weighted by Crippen LogP contribution is -2.29. The van der Waals surface area contributed by atoms with E-state index in [1.54, 1.807) is 0 Å². The Morgan fingerprint density at radius 1 is 1.14 bits per heavy atom. The van der Waals surface area contributed by atoms with E-state index in [0.29, 0.717) is 6.61 Å². The third-order valence-electron chi connectivity index (χ3n) is 3.46. The molecule has 2 aromatic carbocycles. The van der Waals surface area contributed by atoms with Gasteiger partial charge in [-0.15, -0.1) is 0 Å². The van der Waals surface area contributed by atoms with Crippen molar-refractivity contribution in [3.8, 4) is 5.75 Å². The van der Waals surface area contributed by atoms with Crippen LogP contribution in [0.2, 0.25) is 0 Å². The maximum absolute atomic E-state index is 5.80. The van der Waals surface area contributed by atoms with Crippen molar-refractivity contribution in [1.29, 1.82) is 0 Å². The van der Waals surface area contributed by atoms with Crippen LogP contribution in [0, 0.1) is 13.8 Å². The fourth-order valence-electron chi connectivity index (χ4n) is 2.48. The molecule has 3 nitrogen and oxygen atoms in total. The second kappa shape index (κ2) is 7.07. The Kier molecular flexibility index (Phi) is 5.39. The van der Waals surface area contributed by atoms with Gasteiger partial charge in [0.25, 0.3) is 0 Å². The highest BCUT2D eigenvalue weighted by Crippen LogP contribution is 2.29. The molecular formula is C17H21BrN2O. The Bertz CT molecular complexity index is 605. The summed E-state index contributed by atoms with van der Waals surface area (Å²) in [5, 5.41) is 0. The van der Waals surface area contributed by atoms with Gasteiger partial charge < -0.3 is 4.74 Å². The van der Waals surface area contributed by atoms with E-state index >= 15 is 0 Å². The van der Waals surface area contributed by atoms with Crippen LogP contribution >= 0.6 is 15.9 Å². The van der Waals surface area contributed by atoms with Crippen LogP contribution in [-0.2, 0) is 0 Å². The second-order valence-corrected chi connectivity index (χ2v) is 5.87. The lowest BCUT2D eigenvalue weighted by atomic mass is 9.96. The highest BCUT2D eigenvalue weighted by atomic mass is 79.9. The Morgan fingerprint density at radius 2 is 1.81 bits per heavy atom. The highest BCUT2D eigenvalue weighted by Gasteiger charge is 2.15. The van der Waals surface area contributed by atoms with Gasteiger partial charge in [-0.1, -0.05) is 40.2 Å². The molecule has 0 aliphatic heterocycles. The van der Waals surface area contributed by atoms with E-state index in [4.69, 9.17) is 10.6 Å². The average molecular weight is 349 g/mol. The van der Waals surface area contributed by atoms with Crippen molar-refractivity contribution in [3.05, 3.63) is 63.1 Å². The normalized spacial score (nSPS) is 12.2. The van der Waals surface area contributed by atoms with Gasteiger partial charge in [-0.3, -0.25) is 5.84 Å². The van der Waals surface area contributed by atoms with Gasteiger partial charge in [0.2, 0.25) is 0 Å². The largest absolute Gasteiger partial charge is 0.494 e. The zero-order valence-corrected chi connectivity index (χ0v) is 14.2. The summed E-state index contributed by atoms with van der Waals surface area (Å²) < 4.78 is 6.71. The molecule has 112 valence electrons. The van der Waals surface area contributed by atoms with Crippen molar-refractivity contribution < 1.29 is 4.74 Å². The zero-order valence-electron chi connectivity index (χ0n) is 12.6. The molecule has 0 aliphatic rings. The fourth-order valence-corrected chi connectivity index (χ4v) is 2.71. The molecule has 21 heavy (non-hydrogen) atoms. The van der Waals surface area contributed by atoms with Gasteiger partial charge in [0, 0.05) is 4.47 Å². The molecule has 4 heteroatoms. The monoisotopic (exact) mass is 348 g/mol. The summed E-state index contributed by atoms with van der Waals surface area (Å²) in [6, 6.07) is 12.3. The van der Waals surface area contributed by atoms with Gasteiger partial charge in [-0.05, 0) is 55.2 Å². The predicted octanol–water partition coefficient (Wildman–Crippen LogP) is 4.02. The topological polar surface area (TPSA) is 47.3 Å². The molecule has 0 aromatic heterocycles. The van der Waals surface area contributed by atoms with E-state index in [-0.39, 0.29) is 6.04 Å². The summed E-state index contributed by atoms with van der Waals surface area (Å²) >= 11 is 3.60. The van der Waals surface area contributed by atoms with E-state index in [0.717, 1.165) is 21.3 Å². The molecular weight excluding hydrogens is 328 g/mol. The van der Waals surface area contributed by atoms with E-state index in [1.165, 1.54) is 11.1 Å². The number of rotatable bonds is 5. The number of aryl methyl sites for hydroxylation is 2. The third-order valence-corrected chi connectivity index (χ3v) is 4.71. The van der Waals surface area contributed by atoms with Crippen molar-refractivity contribution in [1.82, 2.24) is 5.43 Å². The number of benzene rings is 2. The molecule has 0 aliphatic carbocycles. The molecule has 0 saturated carbocycles. The molecule has 0 heterocycles. The summed E-state index contributed by atoms with van der Waals surface area (Å²) in [4.78, 5) is 0. The first-order chi connectivity index (χ1) is 10.1. The van der Waals surface area contributed by atoms with Crippen LogP contribution in [0.1, 0.15) is 35.2 Å². The SMILES string of the molecule is CCOc1cccc(C(NN)c2cc(C)c(Br)c(C)c2)c1. The summed E-state index contributed by atoms with van der Waals surface area (Å²) in [7, 11) is 0. The van der Waals surface area contributed by atoms with Crippen LogP contribution in [0.4, 0.5) is 0 Å². The van der Waals surface area contributed by atoms with Crippen LogP contribution < -0.4 is 16.0 Å². The van der Waals surface area contributed by atoms with E-state index in [2.05, 4.69) is 53.4 Å². The lowest BCUT2D eigenvalue weighted by molar-refractivity contribution is 0.339. The first kappa shape index (κ1) is 16.0. The van der Waals surface area contributed by atoms with Gasteiger partial charge in [0.15, 0.2) is 0 Å². The number of ether oxygens (including phenoxy) is 1. The van der Waals surface area contributed by atoms with Gasteiger partial charge in [0.1, 0.15) is 5.75 Å². The number of halogens is 1. The van der Waals surface area contributed by atoms with Gasteiger partial charge in [-0.2, -0.15) is 0 Å². The van der Waals surface area contributed by atoms with E-state index in [1.807, 2.05) is 25.1 Å². The van der Waals surface area contributed by atoms with Crippen LogP contribution in [0.5, 0.6) is 5.75 Å². The molecule has 2 rings (SSSR count). The maximum atomic E-state index is 5.80.